The van der Waals surface area contributed by atoms with E-state index in [2.05, 4.69) is 5.32 Å². The summed E-state index contributed by atoms with van der Waals surface area (Å²) in [7, 11) is 0. The molecule has 0 atom stereocenters. The van der Waals surface area contributed by atoms with Crippen molar-refractivity contribution in [2.75, 3.05) is 5.32 Å². The maximum atomic E-state index is 13.6. The first-order chi connectivity index (χ1) is 9.90. The van der Waals surface area contributed by atoms with Gasteiger partial charge in [0.05, 0.1) is 4.92 Å². The van der Waals surface area contributed by atoms with Crippen molar-refractivity contribution in [1.82, 2.24) is 0 Å². The van der Waals surface area contributed by atoms with Crippen molar-refractivity contribution < 1.29 is 23.2 Å². The van der Waals surface area contributed by atoms with Crippen LogP contribution < -0.4 is 5.32 Å². The number of hydrogen-bond acceptors (Lipinski definition) is 4. The summed E-state index contributed by atoms with van der Waals surface area (Å²) in [6.07, 6.45) is 0. The lowest BCUT2D eigenvalue weighted by Crippen LogP contribution is -2.06. The second-order valence-corrected chi connectivity index (χ2v) is 4.14. The summed E-state index contributed by atoms with van der Waals surface area (Å²) >= 11 is 0. The number of nitro benzene ring substituents is 1. The molecule has 2 aromatic carbocycles. The summed E-state index contributed by atoms with van der Waals surface area (Å²) in [5, 5.41) is 22.6. The van der Waals surface area contributed by atoms with Crippen LogP contribution in [0.2, 0.25) is 0 Å². The zero-order valence-electron chi connectivity index (χ0n) is 10.4. The number of hydrogen-bond donors (Lipinski definition) is 2. The second-order valence-electron chi connectivity index (χ2n) is 4.14. The van der Waals surface area contributed by atoms with Gasteiger partial charge in [0.15, 0.2) is 17.3 Å². The van der Waals surface area contributed by atoms with Gasteiger partial charge in [-0.3, -0.25) is 10.1 Å². The number of benzene rings is 2. The zero-order valence-corrected chi connectivity index (χ0v) is 10.4. The molecule has 0 saturated heterocycles. The molecule has 0 fully saturated rings. The third-order valence-corrected chi connectivity index (χ3v) is 2.77. The molecule has 8 heteroatoms. The zero-order chi connectivity index (χ0) is 15.6. The number of rotatable bonds is 4. The van der Waals surface area contributed by atoms with E-state index in [1.54, 1.807) is 0 Å². The largest absolute Gasteiger partial charge is 0.508 e. The van der Waals surface area contributed by atoms with Crippen molar-refractivity contribution >= 4 is 11.4 Å². The summed E-state index contributed by atoms with van der Waals surface area (Å²) in [6.45, 7) is -0.315. The van der Waals surface area contributed by atoms with E-state index in [-0.39, 0.29) is 17.9 Å². The Morgan fingerprint density at radius 3 is 2.57 bits per heavy atom. The minimum absolute atomic E-state index is 0.0490. The highest BCUT2D eigenvalue weighted by Gasteiger charge is 2.21. The standard InChI is InChI=1S/C13H9F3N2O3/c14-8-1-4-11(19)7(5-8)6-17-13-10(18(20)21)3-2-9(15)12(13)16/h1-5,17,19H,6H2. The van der Waals surface area contributed by atoms with Crippen LogP contribution in [-0.4, -0.2) is 10.0 Å². The first-order valence-corrected chi connectivity index (χ1v) is 5.74. The maximum Gasteiger partial charge on any atom is 0.295 e. The number of aromatic hydroxyl groups is 1. The van der Waals surface area contributed by atoms with E-state index in [4.69, 9.17) is 0 Å². The van der Waals surface area contributed by atoms with Gasteiger partial charge in [0.1, 0.15) is 11.6 Å². The van der Waals surface area contributed by atoms with Crippen LogP contribution in [0.25, 0.3) is 0 Å². The molecule has 0 amide bonds. The minimum atomic E-state index is -1.42. The van der Waals surface area contributed by atoms with Gasteiger partial charge in [-0.1, -0.05) is 0 Å². The highest BCUT2D eigenvalue weighted by Crippen LogP contribution is 2.30. The Hall–Kier alpha value is -2.77. The van der Waals surface area contributed by atoms with Crippen molar-refractivity contribution in [2.24, 2.45) is 0 Å². The molecular weight excluding hydrogens is 289 g/mol. The summed E-state index contributed by atoms with van der Waals surface area (Å²) in [6, 6.07) is 4.53. The SMILES string of the molecule is O=[N+]([O-])c1ccc(F)c(F)c1NCc1cc(F)ccc1O. The van der Waals surface area contributed by atoms with E-state index in [9.17, 15) is 28.4 Å². The average molecular weight is 298 g/mol. The Morgan fingerprint density at radius 1 is 1.19 bits per heavy atom. The third kappa shape index (κ3) is 3.04. The van der Waals surface area contributed by atoms with Crippen LogP contribution in [0.4, 0.5) is 24.5 Å². The topological polar surface area (TPSA) is 75.4 Å². The fourth-order valence-corrected chi connectivity index (χ4v) is 1.74. The number of nitrogens with zero attached hydrogens (tertiary/aromatic N) is 1. The fourth-order valence-electron chi connectivity index (χ4n) is 1.74. The van der Waals surface area contributed by atoms with Gasteiger partial charge in [0.25, 0.3) is 5.69 Å². The van der Waals surface area contributed by atoms with Gasteiger partial charge in [-0.05, 0) is 24.3 Å². The van der Waals surface area contributed by atoms with Crippen LogP contribution in [0.15, 0.2) is 30.3 Å². The van der Waals surface area contributed by atoms with E-state index in [0.29, 0.717) is 6.07 Å². The molecule has 21 heavy (non-hydrogen) atoms. The second kappa shape index (κ2) is 5.70. The Balaban J connectivity index is 2.33. The van der Waals surface area contributed by atoms with E-state index in [1.807, 2.05) is 0 Å². The van der Waals surface area contributed by atoms with Gasteiger partial charge in [-0.25, -0.2) is 13.2 Å². The smallest absolute Gasteiger partial charge is 0.295 e. The molecule has 0 radical (unpaired) electrons. The summed E-state index contributed by atoms with van der Waals surface area (Å²) in [5.74, 6) is -3.59. The molecule has 110 valence electrons. The van der Waals surface area contributed by atoms with E-state index in [0.717, 1.165) is 24.3 Å². The number of phenols is 1. The average Bonchev–Trinajstić information content (AvgIpc) is 2.43. The molecule has 0 saturated carbocycles. The van der Waals surface area contributed by atoms with Crippen LogP contribution >= 0.6 is 0 Å². The maximum absolute atomic E-state index is 13.6. The monoisotopic (exact) mass is 298 g/mol. The van der Waals surface area contributed by atoms with Gasteiger partial charge in [-0.2, -0.15) is 0 Å². The normalized spacial score (nSPS) is 10.4. The van der Waals surface area contributed by atoms with Crippen LogP contribution in [0.1, 0.15) is 5.56 Å². The van der Waals surface area contributed by atoms with Crippen LogP contribution in [0.3, 0.4) is 0 Å². The molecule has 2 aromatic rings. The van der Waals surface area contributed by atoms with Crippen molar-refractivity contribution in [3.05, 3.63) is 63.5 Å². The summed E-state index contributed by atoms with van der Waals surface area (Å²) < 4.78 is 39.8. The number of phenolic OH excluding ortho intramolecular Hbond substituents is 1. The van der Waals surface area contributed by atoms with Crippen molar-refractivity contribution in [3.8, 4) is 5.75 Å². The summed E-state index contributed by atoms with van der Waals surface area (Å²) in [4.78, 5) is 9.91. The predicted octanol–water partition coefficient (Wildman–Crippen LogP) is 3.33. The molecule has 0 heterocycles. The number of anilines is 1. The Morgan fingerprint density at radius 2 is 1.90 bits per heavy atom. The molecule has 0 aliphatic carbocycles. The Kier molecular flexibility index (Phi) is 3.97. The third-order valence-electron chi connectivity index (χ3n) is 2.77. The van der Waals surface area contributed by atoms with E-state index >= 15 is 0 Å². The fraction of sp³-hybridized carbons (Fsp3) is 0.0769. The van der Waals surface area contributed by atoms with Gasteiger partial charge < -0.3 is 10.4 Å². The quantitative estimate of drug-likeness (QED) is 0.670. The molecule has 0 aliphatic heterocycles. The van der Waals surface area contributed by atoms with Gasteiger partial charge in [-0.15, -0.1) is 0 Å². The van der Waals surface area contributed by atoms with Crippen molar-refractivity contribution in [1.29, 1.82) is 0 Å². The van der Waals surface area contributed by atoms with Crippen LogP contribution in [-0.2, 0) is 6.54 Å². The lowest BCUT2D eigenvalue weighted by Gasteiger charge is -2.10. The predicted molar refractivity (Wildman–Crippen MR) is 68.4 cm³/mol. The highest BCUT2D eigenvalue weighted by atomic mass is 19.2. The molecule has 2 rings (SSSR count). The van der Waals surface area contributed by atoms with Gasteiger partial charge in [0.2, 0.25) is 0 Å². The molecule has 5 nitrogen and oxygen atoms in total. The molecule has 0 unspecified atom stereocenters. The molecular formula is C13H9F3N2O3. The lowest BCUT2D eigenvalue weighted by atomic mass is 10.2. The van der Waals surface area contributed by atoms with Crippen LogP contribution in [0, 0.1) is 27.6 Å². The van der Waals surface area contributed by atoms with Crippen molar-refractivity contribution in [3.63, 3.8) is 0 Å². The van der Waals surface area contributed by atoms with E-state index < -0.39 is 33.7 Å². The minimum Gasteiger partial charge on any atom is -0.508 e. The molecule has 0 bridgehead atoms. The molecule has 0 aliphatic rings. The molecule has 0 aromatic heterocycles. The molecule has 0 spiro atoms. The number of nitro groups is 1. The number of halogens is 3. The van der Waals surface area contributed by atoms with E-state index in [1.165, 1.54) is 0 Å². The Bertz CT molecular complexity index is 707. The highest BCUT2D eigenvalue weighted by molar-refractivity contribution is 5.62. The first-order valence-electron chi connectivity index (χ1n) is 5.74. The first kappa shape index (κ1) is 14.6. The number of nitrogens with one attached hydrogen (secondary N) is 1. The molecule has 2 N–H and O–H groups in total. The van der Waals surface area contributed by atoms with Crippen LogP contribution in [0.5, 0.6) is 5.75 Å². The summed E-state index contributed by atoms with van der Waals surface area (Å²) in [5.41, 5.74) is -1.28. The van der Waals surface area contributed by atoms with Gasteiger partial charge >= 0.3 is 0 Å². The van der Waals surface area contributed by atoms with Crippen molar-refractivity contribution in [2.45, 2.75) is 6.54 Å². The van der Waals surface area contributed by atoms with Gasteiger partial charge in [0, 0.05) is 18.2 Å². The lowest BCUT2D eigenvalue weighted by molar-refractivity contribution is -0.384. The Labute approximate surface area is 116 Å².